The Morgan fingerprint density at radius 1 is 1.22 bits per heavy atom. The average molecular weight is 263 g/mol. The predicted octanol–water partition coefficient (Wildman–Crippen LogP) is 3.54. The van der Waals surface area contributed by atoms with Gasteiger partial charge in [0.25, 0.3) is 0 Å². The number of benzene rings is 2. The van der Waals surface area contributed by atoms with Crippen LogP contribution in [0.5, 0.6) is 5.75 Å². The fourth-order valence-corrected chi connectivity index (χ4v) is 1.84. The van der Waals surface area contributed by atoms with Gasteiger partial charge in [0.15, 0.2) is 0 Å². The van der Waals surface area contributed by atoms with Crippen molar-refractivity contribution in [2.45, 2.75) is 6.54 Å². The van der Waals surface area contributed by atoms with E-state index in [0.29, 0.717) is 11.6 Å². The topological polar surface area (TPSA) is 47.3 Å². The van der Waals surface area contributed by atoms with Gasteiger partial charge in [-0.25, -0.2) is 0 Å². The first-order chi connectivity index (χ1) is 8.70. The molecule has 0 radical (unpaired) electrons. The summed E-state index contributed by atoms with van der Waals surface area (Å²) in [5, 5.41) is 3.91. The van der Waals surface area contributed by atoms with E-state index in [9.17, 15) is 0 Å². The summed E-state index contributed by atoms with van der Waals surface area (Å²) in [5.41, 5.74) is 8.52. The Morgan fingerprint density at radius 2 is 2.00 bits per heavy atom. The molecule has 0 fully saturated rings. The van der Waals surface area contributed by atoms with E-state index in [4.69, 9.17) is 22.1 Å². The molecule has 0 heterocycles. The second kappa shape index (κ2) is 5.65. The molecule has 0 aliphatic heterocycles. The minimum absolute atomic E-state index is 0.625. The second-order valence-corrected chi connectivity index (χ2v) is 4.31. The van der Waals surface area contributed by atoms with Crippen LogP contribution in [-0.4, -0.2) is 7.11 Å². The molecule has 2 aromatic rings. The van der Waals surface area contributed by atoms with Crippen LogP contribution in [0.25, 0.3) is 0 Å². The van der Waals surface area contributed by atoms with Crippen molar-refractivity contribution in [3.05, 3.63) is 53.1 Å². The molecule has 0 saturated carbocycles. The third-order valence-corrected chi connectivity index (χ3v) is 3.03. The van der Waals surface area contributed by atoms with E-state index < -0.39 is 0 Å². The van der Waals surface area contributed by atoms with Crippen molar-refractivity contribution >= 4 is 23.0 Å². The maximum absolute atomic E-state index is 6.11. The Hall–Kier alpha value is -1.87. The maximum atomic E-state index is 6.11. The lowest BCUT2D eigenvalue weighted by atomic mass is 10.2. The molecule has 0 unspecified atom stereocenters. The van der Waals surface area contributed by atoms with Crippen LogP contribution in [0, 0.1) is 0 Å². The van der Waals surface area contributed by atoms with E-state index in [-0.39, 0.29) is 0 Å². The molecule has 0 aromatic heterocycles. The second-order valence-electron chi connectivity index (χ2n) is 3.90. The number of nitrogen functional groups attached to an aromatic ring is 1. The number of hydrogen-bond acceptors (Lipinski definition) is 3. The number of rotatable bonds is 4. The van der Waals surface area contributed by atoms with E-state index in [2.05, 4.69) is 5.32 Å². The molecule has 4 heteroatoms. The SMILES string of the molecule is COc1ccc(Cl)c(NCc2ccccc2N)c1. The van der Waals surface area contributed by atoms with Crippen molar-refractivity contribution in [3.63, 3.8) is 0 Å². The van der Waals surface area contributed by atoms with Crippen LogP contribution >= 0.6 is 11.6 Å². The molecule has 2 rings (SSSR count). The highest BCUT2D eigenvalue weighted by molar-refractivity contribution is 6.33. The summed E-state index contributed by atoms with van der Waals surface area (Å²) in [6.45, 7) is 0.625. The van der Waals surface area contributed by atoms with Gasteiger partial charge in [0, 0.05) is 18.3 Å². The molecule has 3 nitrogen and oxygen atoms in total. The van der Waals surface area contributed by atoms with Gasteiger partial charge in [0.1, 0.15) is 5.75 Å². The lowest BCUT2D eigenvalue weighted by molar-refractivity contribution is 0.415. The van der Waals surface area contributed by atoms with E-state index >= 15 is 0 Å². The van der Waals surface area contributed by atoms with E-state index in [1.807, 2.05) is 36.4 Å². The molecular weight excluding hydrogens is 248 g/mol. The van der Waals surface area contributed by atoms with E-state index in [0.717, 1.165) is 22.7 Å². The van der Waals surface area contributed by atoms with Crippen molar-refractivity contribution in [1.29, 1.82) is 0 Å². The summed E-state index contributed by atoms with van der Waals surface area (Å²) < 4.78 is 5.16. The molecule has 3 N–H and O–H groups in total. The molecule has 0 saturated heterocycles. The highest BCUT2D eigenvalue weighted by Crippen LogP contribution is 2.27. The molecule has 94 valence electrons. The molecule has 0 bridgehead atoms. The minimum atomic E-state index is 0.625. The first-order valence-corrected chi connectivity index (χ1v) is 5.99. The van der Waals surface area contributed by atoms with Gasteiger partial charge in [0.2, 0.25) is 0 Å². The number of methoxy groups -OCH3 is 1. The summed E-state index contributed by atoms with van der Waals surface area (Å²) in [4.78, 5) is 0. The Kier molecular flexibility index (Phi) is 3.95. The molecular formula is C14H15ClN2O. The highest BCUT2D eigenvalue weighted by atomic mass is 35.5. The third kappa shape index (κ3) is 2.87. The number of hydrogen-bond donors (Lipinski definition) is 2. The normalized spacial score (nSPS) is 10.1. The summed E-state index contributed by atoms with van der Waals surface area (Å²) in [5.74, 6) is 0.767. The van der Waals surface area contributed by atoms with Gasteiger partial charge in [-0.1, -0.05) is 29.8 Å². The summed E-state index contributed by atoms with van der Waals surface area (Å²) in [7, 11) is 1.63. The standard InChI is InChI=1S/C14H15ClN2O/c1-18-11-6-7-12(15)14(8-11)17-9-10-4-2-3-5-13(10)16/h2-8,17H,9,16H2,1H3. The van der Waals surface area contributed by atoms with Gasteiger partial charge < -0.3 is 15.8 Å². The van der Waals surface area contributed by atoms with Gasteiger partial charge in [-0.05, 0) is 23.8 Å². The highest BCUT2D eigenvalue weighted by Gasteiger charge is 2.03. The van der Waals surface area contributed by atoms with Crippen LogP contribution in [0.3, 0.4) is 0 Å². The molecule has 2 aromatic carbocycles. The van der Waals surface area contributed by atoms with Gasteiger partial charge in [-0.15, -0.1) is 0 Å². The molecule has 0 amide bonds. The monoisotopic (exact) mass is 262 g/mol. The van der Waals surface area contributed by atoms with E-state index in [1.54, 1.807) is 13.2 Å². The summed E-state index contributed by atoms with van der Waals surface area (Å²) in [6, 6.07) is 13.2. The summed E-state index contributed by atoms with van der Waals surface area (Å²) >= 11 is 6.11. The molecule has 18 heavy (non-hydrogen) atoms. The van der Waals surface area contributed by atoms with Crippen LogP contribution in [0.15, 0.2) is 42.5 Å². The quantitative estimate of drug-likeness (QED) is 0.829. The van der Waals surface area contributed by atoms with Crippen molar-refractivity contribution in [1.82, 2.24) is 0 Å². The number of anilines is 2. The van der Waals surface area contributed by atoms with Crippen molar-refractivity contribution in [3.8, 4) is 5.75 Å². The lowest BCUT2D eigenvalue weighted by Gasteiger charge is -2.11. The van der Waals surface area contributed by atoms with Gasteiger partial charge in [-0.2, -0.15) is 0 Å². The lowest BCUT2D eigenvalue weighted by Crippen LogP contribution is -2.03. The first-order valence-electron chi connectivity index (χ1n) is 5.61. The van der Waals surface area contributed by atoms with Gasteiger partial charge >= 0.3 is 0 Å². The summed E-state index contributed by atoms with van der Waals surface area (Å²) in [6.07, 6.45) is 0. The Labute approximate surface area is 112 Å². The Balaban J connectivity index is 2.13. The molecule has 0 aliphatic rings. The number of halogens is 1. The molecule has 0 spiro atoms. The Bertz CT molecular complexity index is 543. The van der Waals surface area contributed by atoms with Crippen LogP contribution in [0.1, 0.15) is 5.56 Å². The Morgan fingerprint density at radius 3 is 2.72 bits per heavy atom. The van der Waals surface area contributed by atoms with Crippen molar-refractivity contribution < 1.29 is 4.74 Å². The third-order valence-electron chi connectivity index (χ3n) is 2.70. The zero-order valence-electron chi connectivity index (χ0n) is 10.1. The largest absolute Gasteiger partial charge is 0.497 e. The fraction of sp³-hybridized carbons (Fsp3) is 0.143. The maximum Gasteiger partial charge on any atom is 0.121 e. The number of nitrogens with two attached hydrogens (primary N) is 1. The van der Waals surface area contributed by atoms with Crippen molar-refractivity contribution in [2.75, 3.05) is 18.2 Å². The van der Waals surface area contributed by atoms with Crippen LogP contribution in [0.2, 0.25) is 5.02 Å². The first kappa shape index (κ1) is 12.6. The number of nitrogens with one attached hydrogen (secondary N) is 1. The fourth-order valence-electron chi connectivity index (χ4n) is 1.65. The van der Waals surface area contributed by atoms with Crippen LogP contribution in [-0.2, 0) is 6.54 Å². The van der Waals surface area contributed by atoms with Crippen molar-refractivity contribution in [2.24, 2.45) is 0 Å². The minimum Gasteiger partial charge on any atom is -0.497 e. The molecule has 0 aliphatic carbocycles. The zero-order chi connectivity index (χ0) is 13.0. The predicted molar refractivity (Wildman–Crippen MR) is 76.2 cm³/mol. The molecule has 0 atom stereocenters. The van der Waals surface area contributed by atoms with Crippen LogP contribution in [0.4, 0.5) is 11.4 Å². The zero-order valence-corrected chi connectivity index (χ0v) is 10.9. The van der Waals surface area contributed by atoms with Gasteiger partial charge in [0.05, 0.1) is 17.8 Å². The van der Waals surface area contributed by atoms with Gasteiger partial charge in [-0.3, -0.25) is 0 Å². The van der Waals surface area contributed by atoms with Crippen LogP contribution < -0.4 is 15.8 Å². The smallest absolute Gasteiger partial charge is 0.121 e. The average Bonchev–Trinajstić information content (AvgIpc) is 2.39. The number of ether oxygens (including phenoxy) is 1. The van der Waals surface area contributed by atoms with E-state index in [1.165, 1.54) is 0 Å². The number of para-hydroxylation sites is 1.